The Morgan fingerprint density at radius 2 is 2.26 bits per heavy atom. The molecule has 1 fully saturated rings. The van der Waals surface area contributed by atoms with Gasteiger partial charge in [-0.1, -0.05) is 25.1 Å². The number of halogens is 1. The lowest BCUT2D eigenvalue weighted by Crippen LogP contribution is -2.27. The van der Waals surface area contributed by atoms with Crippen LogP contribution in [0.1, 0.15) is 31.7 Å². The molecule has 1 aromatic rings. The van der Waals surface area contributed by atoms with Crippen molar-refractivity contribution in [3.63, 3.8) is 0 Å². The van der Waals surface area contributed by atoms with Crippen molar-refractivity contribution >= 4 is 0 Å². The monoisotopic (exact) mass is 265 g/mol. The highest BCUT2D eigenvalue weighted by Gasteiger charge is 2.21. The van der Waals surface area contributed by atoms with Crippen LogP contribution in [-0.4, -0.2) is 25.8 Å². The maximum atomic E-state index is 13.7. The second kappa shape index (κ2) is 7.61. The topological polar surface area (TPSA) is 21.3 Å². The highest BCUT2D eigenvalue weighted by molar-refractivity contribution is 5.18. The molecule has 2 nitrogen and oxygen atoms in total. The fourth-order valence-electron chi connectivity index (χ4n) is 2.76. The summed E-state index contributed by atoms with van der Waals surface area (Å²) in [4.78, 5) is 0. The molecule has 1 aromatic carbocycles. The highest BCUT2D eigenvalue weighted by atomic mass is 19.1. The number of ether oxygens (including phenoxy) is 1. The normalized spacial score (nSPS) is 20.6. The number of benzene rings is 1. The largest absolute Gasteiger partial charge is 0.378 e. The van der Waals surface area contributed by atoms with Crippen molar-refractivity contribution in [2.24, 2.45) is 5.92 Å². The first-order chi connectivity index (χ1) is 9.29. The Kier molecular flexibility index (Phi) is 5.80. The van der Waals surface area contributed by atoms with Crippen molar-refractivity contribution in [2.75, 3.05) is 19.7 Å². The lowest BCUT2D eigenvalue weighted by Gasteiger charge is -2.21. The predicted octanol–water partition coefficient (Wildman–Crippen LogP) is 3.16. The van der Waals surface area contributed by atoms with Gasteiger partial charge in [0.1, 0.15) is 5.82 Å². The van der Waals surface area contributed by atoms with Crippen molar-refractivity contribution in [3.05, 3.63) is 35.6 Å². The van der Waals surface area contributed by atoms with Gasteiger partial charge in [0, 0.05) is 6.61 Å². The molecule has 2 atom stereocenters. The number of nitrogens with one attached hydrogen (secondary N) is 1. The van der Waals surface area contributed by atoms with Crippen LogP contribution in [0, 0.1) is 11.7 Å². The van der Waals surface area contributed by atoms with E-state index in [0.29, 0.717) is 12.0 Å². The van der Waals surface area contributed by atoms with Gasteiger partial charge in [-0.25, -0.2) is 4.39 Å². The molecule has 0 bridgehead atoms. The molecule has 0 radical (unpaired) electrons. The van der Waals surface area contributed by atoms with Crippen LogP contribution in [0.5, 0.6) is 0 Å². The predicted molar refractivity (Wildman–Crippen MR) is 75.7 cm³/mol. The van der Waals surface area contributed by atoms with Gasteiger partial charge >= 0.3 is 0 Å². The molecule has 2 rings (SSSR count). The molecule has 2 unspecified atom stereocenters. The minimum Gasteiger partial charge on any atom is -0.378 e. The van der Waals surface area contributed by atoms with E-state index < -0.39 is 0 Å². The van der Waals surface area contributed by atoms with E-state index in [2.05, 4.69) is 12.2 Å². The van der Waals surface area contributed by atoms with E-state index in [9.17, 15) is 4.39 Å². The van der Waals surface area contributed by atoms with Crippen LogP contribution in [0.4, 0.5) is 4.39 Å². The van der Waals surface area contributed by atoms with Gasteiger partial charge in [-0.15, -0.1) is 0 Å². The maximum Gasteiger partial charge on any atom is 0.126 e. The molecule has 0 aromatic heterocycles. The van der Waals surface area contributed by atoms with Gasteiger partial charge < -0.3 is 10.1 Å². The summed E-state index contributed by atoms with van der Waals surface area (Å²) in [5, 5.41) is 3.38. The summed E-state index contributed by atoms with van der Waals surface area (Å²) in [5.74, 6) is 0.358. The Balaban J connectivity index is 1.94. The van der Waals surface area contributed by atoms with Crippen LogP contribution in [0.25, 0.3) is 0 Å². The minimum absolute atomic E-state index is 0.0867. The smallest absolute Gasteiger partial charge is 0.126 e. The first kappa shape index (κ1) is 14.5. The Bertz CT molecular complexity index is 377. The minimum atomic E-state index is -0.0867. The number of hydrogen-bond acceptors (Lipinski definition) is 2. The zero-order valence-corrected chi connectivity index (χ0v) is 11.7. The summed E-state index contributed by atoms with van der Waals surface area (Å²) >= 11 is 0. The molecule has 1 N–H and O–H groups in total. The van der Waals surface area contributed by atoms with Crippen molar-refractivity contribution in [1.29, 1.82) is 0 Å². The molecule has 106 valence electrons. The van der Waals surface area contributed by atoms with Crippen LogP contribution in [0.3, 0.4) is 0 Å². The van der Waals surface area contributed by atoms with Crippen LogP contribution >= 0.6 is 0 Å². The van der Waals surface area contributed by atoms with Gasteiger partial charge in [0.15, 0.2) is 0 Å². The summed E-state index contributed by atoms with van der Waals surface area (Å²) in [6, 6.07) is 7.10. The van der Waals surface area contributed by atoms with E-state index in [4.69, 9.17) is 4.74 Å². The standard InChI is InChI=1S/C16H24FNO/c1-2-18-12-13(11-15-7-5-9-19-15)10-14-6-3-4-8-16(14)17/h3-4,6,8,13,15,18H,2,5,7,9-12H2,1H3. The Morgan fingerprint density at radius 1 is 1.42 bits per heavy atom. The first-order valence-electron chi connectivity index (χ1n) is 7.35. The second-order valence-corrected chi connectivity index (χ2v) is 5.34. The number of hydrogen-bond donors (Lipinski definition) is 1. The average molecular weight is 265 g/mol. The third kappa shape index (κ3) is 4.59. The molecule has 0 aliphatic carbocycles. The molecule has 3 heteroatoms. The first-order valence-corrected chi connectivity index (χ1v) is 7.35. The SMILES string of the molecule is CCNCC(Cc1ccccc1F)CC1CCCO1. The van der Waals surface area contributed by atoms with E-state index in [1.165, 1.54) is 0 Å². The van der Waals surface area contributed by atoms with Crippen molar-refractivity contribution in [3.8, 4) is 0 Å². The zero-order valence-electron chi connectivity index (χ0n) is 11.7. The molecule has 19 heavy (non-hydrogen) atoms. The van der Waals surface area contributed by atoms with Gasteiger partial charge in [-0.3, -0.25) is 0 Å². The summed E-state index contributed by atoms with van der Waals surface area (Å²) in [5.41, 5.74) is 0.823. The Labute approximate surface area is 115 Å². The second-order valence-electron chi connectivity index (χ2n) is 5.34. The summed E-state index contributed by atoms with van der Waals surface area (Å²) in [6.45, 7) is 4.88. The summed E-state index contributed by atoms with van der Waals surface area (Å²) in [7, 11) is 0. The third-order valence-corrected chi connectivity index (χ3v) is 3.77. The van der Waals surface area contributed by atoms with Gasteiger partial charge in [-0.2, -0.15) is 0 Å². The van der Waals surface area contributed by atoms with E-state index in [1.54, 1.807) is 12.1 Å². The molecular formula is C16H24FNO. The molecular weight excluding hydrogens is 241 g/mol. The molecule has 0 amide bonds. The quantitative estimate of drug-likeness (QED) is 0.817. The summed E-state index contributed by atoms with van der Waals surface area (Å²) < 4.78 is 19.4. The van der Waals surface area contributed by atoms with Crippen molar-refractivity contribution in [1.82, 2.24) is 5.32 Å². The van der Waals surface area contributed by atoms with Crippen molar-refractivity contribution in [2.45, 2.75) is 38.7 Å². The molecule has 1 aliphatic heterocycles. The van der Waals surface area contributed by atoms with Crippen LogP contribution in [0.2, 0.25) is 0 Å². The molecule has 1 aliphatic rings. The van der Waals surface area contributed by atoms with E-state index in [0.717, 1.165) is 50.9 Å². The lowest BCUT2D eigenvalue weighted by atomic mass is 9.92. The molecule has 1 heterocycles. The number of rotatable bonds is 7. The Hall–Kier alpha value is -0.930. The zero-order chi connectivity index (χ0) is 13.5. The fraction of sp³-hybridized carbons (Fsp3) is 0.625. The van der Waals surface area contributed by atoms with E-state index >= 15 is 0 Å². The van der Waals surface area contributed by atoms with Crippen LogP contribution < -0.4 is 5.32 Å². The van der Waals surface area contributed by atoms with Crippen molar-refractivity contribution < 1.29 is 9.13 Å². The Morgan fingerprint density at radius 3 is 2.95 bits per heavy atom. The van der Waals surface area contributed by atoms with Gasteiger partial charge in [0.05, 0.1) is 6.10 Å². The van der Waals surface area contributed by atoms with Gasteiger partial charge in [0.2, 0.25) is 0 Å². The third-order valence-electron chi connectivity index (χ3n) is 3.77. The van der Waals surface area contributed by atoms with Gasteiger partial charge in [-0.05, 0) is 56.3 Å². The van der Waals surface area contributed by atoms with Crippen LogP contribution in [-0.2, 0) is 11.2 Å². The molecule has 0 spiro atoms. The molecule has 0 saturated carbocycles. The lowest BCUT2D eigenvalue weighted by molar-refractivity contribution is 0.0892. The van der Waals surface area contributed by atoms with E-state index in [-0.39, 0.29) is 5.82 Å². The highest BCUT2D eigenvalue weighted by Crippen LogP contribution is 2.23. The fourth-order valence-corrected chi connectivity index (χ4v) is 2.76. The maximum absolute atomic E-state index is 13.7. The average Bonchev–Trinajstić information content (AvgIpc) is 2.91. The van der Waals surface area contributed by atoms with Gasteiger partial charge in [0.25, 0.3) is 0 Å². The van der Waals surface area contributed by atoms with E-state index in [1.807, 2.05) is 12.1 Å². The summed E-state index contributed by atoms with van der Waals surface area (Å²) in [6.07, 6.45) is 4.51. The van der Waals surface area contributed by atoms with Crippen LogP contribution in [0.15, 0.2) is 24.3 Å². The molecule has 1 saturated heterocycles.